The first kappa shape index (κ1) is 18.5. The lowest BCUT2D eigenvalue weighted by Gasteiger charge is -2.30. The van der Waals surface area contributed by atoms with E-state index in [0.717, 1.165) is 12.1 Å². The van der Waals surface area contributed by atoms with Gasteiger partial charge in [0.05, 0.1) is 11.3 Å². The first-order chi connectivity index (χ1) is 13.3. The molecular formula is C18H18F3N5O2. The fourth-order valence-corrected chi connectivity index (χ4v) is 3.43. The number of ether oxygens (including phenoxy) is 1. The van der Waals surface area contributed by atoms with E-state index in [1.165, 1.54) is 6.20 Å². The van der Waals surface area contributed by atoms with Gasteiger partial charge in [0, 0.05) is 43.5 Å². The highest BCUT2D eigenvalue weighted by Gasteiger charge is 2.34. The molecule has 28 heavy (non-hydrogen) atoms. The third kappa shape index (κ3) is 3.47. The number of pyridine rings is 2. The van der Waals surface area contributed by atoms with Gasteiger partial charge in [0.1, 0.15) is 17.7 Å². The zero-order chi connectivity index (χ0) is 19.9. The number of hydrogen-bond donors (Lipinski definition) is 2. The van der Waals surface area contributed by atoms with E-state index in [4.69, 9.17) is 4.74 Å². The van der Waals surface area contributed by atoms with Crippen LogP contribution in [-0.4, -0.2) is 42.2 Å². The third-order valence-electron chi connectivity index (χ3n) is 4.76. The molecule has 0 saturated carbocycles. The number of amides is 1. The summed E-state index contributed by atoms with van der Waals surface area (Å²) in [5.74, 6) is 0.537. The van der Waals surface area contributed by atoms with E-state index in [2.05, 4.69) is 20.6 Å². The van der Waals surface area contributed by atoms with E-state index in [9.17, 15) is 18.0 Å². The molecule has 0 spiro atoms. The van der Waals surface area contributed by atoms with E-state index >= 15 is 0 Å². The molecule has 1 amide bonds. The smallest absolute Gasteiger partial charge is 0.416 e. The Morgan fingerprint density at radius 1 is 1.25 bits per heavy atom. The van der Waals surface area contributed by atoms with E-state index < -0.39 is 23.9 Å². The van der Waals surface area contributed by atoms with Crippen LogP contribution in [0.1, 0.15) is 24.2 Å². The summed E-state index contributed by atoms with van der Waals surface area (Å²) in [6, 6.07) is 3.68. The molecule has 1 fully saturated rings. The summed E-state index contributed by atoms with van der Waals surface area (Å²) in [6.45, 7) is 4.13. The SMILES string of the molecule is C[C@@H]1OC(=O)Nc2nccc(-c3cc(C(F)(F)F)cc(N4CCNCC4)n3)c21. The number of piperazine rings is 1. The molecule has 10 heteroatoms. The molecule has 0 bridgehead atoms. The van der Waals surface area contributed by atoms with Crippen LogP contribution in [0, 0.1) is 0 Å². The van der Waals surface area contributed by atoms with Crippen LogP contribution in [0.4, 0.5) is 29.6 Å². The van der Waals surface area contributed by atoms with Gasteiger partial charge < -0.3 is 15.0 Å². The van der Waals surface area contributed by atoms with Gasteiger partial charge in [-0.1, -0.05) is 0 Å². The van der Waals surface area contributed by atoms with Crippen LogP contribution in [0.2, 0.25) is 0 Å². The maximum Gasteiger partial charge on any atom is 0.416 e. The molecule has 0 unspecified atom stereocenters. The molecule has 4 rings (SSSR count). The normalized spacial score (nSPS) is 19.6. The Balaban J connectivity index is 1.86. The van der Waals surface area contributed by atoms with Crippen LogP contribution in [-0.2, 0) is 10.9 Å². The molecule has 2 N–H and O–H groups in total. The number of hydrogen-bond acceptors (Lipinski definition) is 6. The highest BCUT2D eigenvalue weighted by Crippen LogP contribution is 2.39. The second kappa shape index (κ2) is 6.93. The standard InChI is InChI=1S/C18H18F3N5O2/c1-10-15-12(2-3-23-16(15)25-17(27)28-10)13-8-11(18(19,20)21)9-14(24-13)26-6-4-22-5-7-26/h2-3,8-10,22H,4-7H2,1H3,(H,23,25,27)/t10-/m0/s1. The van der Waals surface area contributed by atoms with Gasteiger partial charge in [-0.15, -0.1) is 0 Å². The van der Waals surface area contributed by atoms with Crippen molar-refractivity contribution in [2.24, 2.45) is 0 Å². The number of nitrogens with one attached hydrogen (secondary N) is 2. The molecular weight excluding hydrogens is 375 g/mol. The molecule has 7 nitrogen and oxygen atoms in total. The van der Waals surface area contributed by atoms with Crippen LogP contribution < -0.4 is 15.5 Å². The largest absolute Gasteiger partial charge is 0.441 e. The lowest BCUT2D eigenvalue weighted by atomic mass is 9.99. The predicted octanol–water partition coefficient (Wildman–Crippen LogP) is 3.20. The zero-order valence-corrected chi connectivity index (χ0v) is 15.0. The van der Waals surface area contributed by atoms with E-state index in [-0.39, 0.29) is 17.3 Å². The van der Waals surface area contributed by atoms with Crippen LogP contribution in [0.3, 0.4) is 0 Å². The van der Waals surface area contributed by atoms with Crippen molar-refractivity contribution in [3.8, 4) is 11.3 Å². The van der Waals surface area contributed by atoms with Gasteiger partial charge in [0.15, 0.2) is 0 Å². The number of carbonyl (C=O) groups is 1. The molecule has 2 aliphatic heterocycles. The fourth-order valence-electron chi connectivity index (χ4n) is 3.43. The Bertz CT molecular complexity index is 913. The lowest BCUT2D eigenvalue weighted by molar-refractivity contribution is -0.137. The molecule has 148 valence electrons. The van der Waals surface area contributed by atoms with E-state index in [1.54, 1.807) is 13.0 Å². The number of rotatable bonds is 2. The Kier molecular flexibility index (Phi) is 4.58. The Morgan fingerprint density at radius 3 is 2.71 bits per heavy atom. The number of alkyl halides is 3. The number of halogens is 3. The van der Waals surface area contributed by atoms with Crippen molar-refractivity contribution in [1.29, 1.82) is 0 Å². The summed E-state index contributed by atoms with van der Waals surface area (Å²) in [5.41, 5.74) is 0.332. The molecule has 1 atom stereocenters. The molecule has 0 radical (unpaired) electrons. The average molecular weight is 393 g/mol. The summed E-state index contributed by atoms with van der Waals surface area (Å²) in [4.78, 5) is 22.0. The van der Waals surface area contributed by atoms with Gasteiger partial charge in [-0.2, -0.15) is 13.2 Å². The van der Waals surface area contributed by atoms with Gasteiger partial charge in [-0.05, 0) is 25.1 Å². The number of carbonyl (C=O) groups excluding carboxylic acids is 1. The summed E-state index contributed by atoms with van der Waals surface area (Å²) in [7, 11) is 0. The molecule has 0 aliphatic carbocycles. The predicted molar refractivity (Wildman–Crippen MR) is 96.1 cm³/mol. The summed E-state index contributed by atoms with van der Waals surface area (Å²) in [6.07, 6.45) is -4.39. The minimum atomic E-state index is -4.51. The van der Waals surface area contributed by atoms with Crippen LogP contribution in [0.5, 0.6) is 0 Å². The van der Waals surface area contributed by atoms with Crippen LogP contribution >= 0.6 is 0 Å². The second-order valence-electron chi connectivity index (χ2n) is 6.63. The second-order valence-corrected chi connectivity index (χ2v) is 6.63. The number of cyclic esters (lactones) is 1. The van der Waals surface area contributed by atoms with Crippen LogP contribution in [0.25, 0.3) is 11.3 Å². The number of nitrogens with zero attached hydrogens (tertiary/aromatic N) is 3. The zero-order valence-electron chi connectivity index (χ0n) is 15.0. The van der Waals surface area contributed by atoms with Gasteiger partial charge in [0.2, 0.25) is 0 Å². The highest BCUT2D eigenvalue weighted by atomic mass is 19.4. The van der Waals surface area contributed by atoms with Gasteiger partial charge in [0.25, 0.3) is 0 Å². The molecule has 2 aliphatic rings. The Labute approximate surface area is 158 Å². The number of fused-ring (bicyclic) bond motifs is 1. The van der Waals surface area contributed by atoms with Gasteiger partial charge >= 0.3 is 12.3 Å². The molecule has 2 aromatic rings. The minimum absolute atomic E-state index is 0.161. The minimum Gasteiger partial charge on any atom is -0.441 e. The number of aromatic nitrogens is 2. The quantitative estimate of drug-likeness (QED) is 0.816. The average Bonchev–Trinajstić information content (AvgIpc) is 2.67. The van der Waals surface area contributed by atoms with E-state index in [0.29, 0.717) is 37.3 Å². The lowest BCUT2D eigenvalue weighted by Crippen LogP contribution is -2.44. The Morgan fingerprint density at radius 2 is 2.00 bits per heavy atom. The van der Waals surface area contributed by atoms with Crippen LogP contribution in [0.15, 0.2) is 24.4 Å². The topological polar surface area (TPSA) is 79.4 Å². The number of anilines is 2. The van der Waals surface area contributed by atoms with Crippen molar-refractivity contribution >= 4 is 17.7 Å². The van der Waals surface area contributed by atoms with Crippen molar-refractivity contribution < 1.29 is 22.7 Å². The van der Waals surface area contributed by atoms with Crippen molar-refractivity contribution in [2.75, 3.05) is 36.4 Å². The molecule has 2 aromatic heterocycles. The van der Waals surface area contributed by atoms with Crippen molar-refractivity contribution in [3.05, 3.63) is 35.5 Å². The first-order valence-corrected chi connectivity index (χ1v) is 8.85. The molecule has 0 aromatic carbocycles. The molecule has 1 saturated heterocycles. The molecule has 4 heterocycles. The Hall–Kier alpha value is -2.88. The van der Waals surface area contributed by atoms with Crippen molar-refractivity contribution in [3.63, 3.8) is 0 Å². The summed E-state index contributed by atoms with van der Waals surface area (Å²) in [5, 5.41) is 5.65. The third-order valence-corrected chi connectivity index (χ3v) is 4.76. The maximum atomic E-state index is 13.5. The van der Waals surface area contributed by atoms with Crippen molar-refractivity contribution in [2.45, 2.75) is 19.2 Å². The van der Waals surface area contributed by atoms with E-state index in [1.807, 2.05) is 4.90 Å². The van der Waals surface area contributed by atoms with Gasteiger partial charge in [-0.25, -0.2) is 14.8 Å². The van der Waals surface area contributed by atoms with Gasteiger partial charge in [-0.3, -0.25) is 5.32 Å². The fraction of sp³-hybridized carbons (Fsp3) is 0.389. The van der Waals surface area contributed by atoms with Crippen molar-refractivity contribution in [1.82, 2.24) is 15.3 Å². The summed E-state index contributed by atoms with van der Waals surface area (Å²) < 4.78 is 45.8. The first-order valence-electron chi connectivity index (χ1n) is 8.85. The maximum absolute atomic E-state index is 13.5. The summed E-state index contributed by atoms with van der Waals surface area (Å²) >= 11 is 0. The highest BCUT2D eigenvalue weighted by molar-refractivity contribution is 5.89. The monoisotopic (exact) mass is 393 g/mol.